The number of thioether (sulfide) groups is 1. The van der Waals surface area contributed by atoms with Crippen LogP contribution < -0.4 is 0 Å². The van der Waals surface area contributed by atoms with E-state index < -0.39 is 0 Å². The first-order valence-corrected chi connectivity index (χ1v) is 6.54. The number of ether oxygens (including phenoxy) is 1. The molecule has 1 heterocycles. The van der Waals surface area contributed by atoms with Crippen LogP contribution in [0.2, 0.25) is 0 Å². The predicted octanol–water partition coefficient (Wildman–Crippen LogP) is 3.39. The second kappa shape index (κ2) is 4.69. The lowest BCUT2D eigenvalue weighted by molar-refractivity contribution is 0.0455. The van der Waals surface area contributed by atoms with Gasteiger partial charge in [0.15, 0.2) is 0 Å². The number of hydrogen-bond acceptors (Lipinski definition) is 2. The van der Waals surface area contributed by atoms with Gasteiger partial charge in [-0.1, -0.05) is 28.1 Å². The van der Waals surface area contributed by atoms with Crippen LogP contribution in [0.15, 0.2) is 22.7 Å². The molecule has 76 valence electrons. The topological polar surface area (TPSA) is 9.23 Å². The second-order valence-corrected chi connectivity index (χ2v) is 5.70. The van der Waals surface area contributed by atoms with Crippen molar-refractivity contribution in [3.05, 3.63) is 33.8 Å². The van der Waals surface area contributed by atoms with Gasteiger partial charge < -0.3 is 4.74 Å². The van der Waals surface area contributed by atoms with Crippen molar-refractivity contribution >= 4 is 27.7 Å². The molecule has 1 fully saturated rings. The van der Waals surface area contributed by atoms with Gasteiger partial charge in [0.1, 0.15) is 0 Å². The number of hydrogen-bond donors (Lipinski definition) is 0. The Morgan fingerprint density at radius 2 is 2.29 bits per heavy atom. The van der Waals surface area contributed by atoms with E-state index in [1.807, 2.05) is 11.8 Å². The fourth-order valence-corrected chi connectivity index (χ4v) is 2.67. The van der Waals surface area contributed by atoms with Crippen molar-refractivity contribution in [2.75, 3.05) is 13.2 Å². The van der Waals surface area contributed by atoms with Gasteiger partial charge in [-0.05, 0) is 24.1 Å². The van der Waals surface area contributed by atoms with Gasteiger partial charge in [0.05, 0.1) is 18.5 Å². The fraction of sp³-hybridized carbons (Fsp3) is 0.455. The number of aryl methyl sites for hydroxylation is 1. The van der Waals surface area contributed by atoms with Crippen molar-refractivity contribution in [1.82, 2.24) is 0 Å². The lowest BCUT2D eigenvalue weighted by Gasteiger charge is -2.25. The van der Waals surface area contributed by atoms with Gasteiger partial charge in [0, 0.05) is 10.2 Å². The molecule has 0 atom stereocenters. The Morgan fingerprint density at radius 1 is 1.50 bits per heavy atom. The molecule has 1 saturated heterocycles. The van der Waals surface area contributed by atoms with Crippen LogP contribution in [0.3, 0.4) is 0 Å². The molecule has 0 unspecified atom stereocenters. The maximum atomic E-state index is 5.14. The van der Waals surface area contributed by atoms with Gasteiger partial charge in [-0.3, -0.25) is 0 Å². The average Bonchev–Trinajstić information content (AvgIpc) is 2.08. The minimum absolute atomic E-state index is 0.718. The van der Waals surface area contributed by atoms with Crippen LogP contribution in [-0.2, 0) is 10.5 Å². The van der Waals surface area contributed by atoms with Crippen LogP contribution in [0.1, 0.15) is 11.1 Å². The van der Waals surface area contributed by atoms with Gasteiger partial charge in [0.2, 0.25) is 0 Å². The Hall–Kier alpha value is 0.01000. The third-order valence-electron chi connectivity index (χ3n) is 2.33. The summed E-state index contributed by atoms with van der Waals surface area (Å²) < 4.78 is 6.34. The summed E-state index contributed by atoms with van der Waals surface area (Å²) in [4.78, 5) is 0. The van der Waals surface area contributed by atoms with Crippen molar-refractivity contribution in [3.8, 4) is 0 Å². The Bertz CT molecular complexity index is 323. The van der Waals surface area contributed by atoms with Crippen molar-refractivity contribution in [3.63, 3.8) is 0 Å². The first-order valence-electron chi connectivity index (χ1n) is 4.70. The summed E-state index contributed by atoms with van der Waals surface area (Å²) in [6.45, 7) is 3.97. The zero-order chi connectivity index (χ0) is 9.97. The van der Waals surface area contributed by atoms with E-state index in [0.29, 0.717) is 0 Å². The van der Waals surface area contributed by atoms with Crippen molar-refractivity contribution in [1.29, 1.82) is 0 Å². The summed E-state index contributed by atoms with van der Waals surface area (Å²) in [5.41, 5.74) is 2.69. The summed E-state index contributed by atoms with van der Waals surface area (Å²) in [6, 6.07) is 6.58. The number of rotatable bonds is 3. The van der Waals surface area contributed by atoms with Gasteiger partial charge in [0.25, 0.3) is 0 Å². The van der Waals surface area contributed by atoms with E-state index >= 15 is 0 Å². The Labute approximate surface area is 97.4 Å². The number of benzene rings is 1. The van der Waals surface area contributed by atoms with E-state index in [1.165, 1.54) is 15.6 Å². The molecule has 0 saturated carbocycles. The van der Waals surface area contributed by atoms with E-state index in [4.69, 9.17) is 4.74 Å². The fourth-order valence-electron chi connectivity index (χ4n) is 1.25. The molecule has 0 aliphatic carbocycles. The SMILES string of the molecule is Cc1ccc(CSC2COC2)cc1Br. The summed E-state index contributed by atoms with van der Waals surface area (Å²) in [6.07, 6.45) is 0. The highest BCUT2D eigenvalue weighted by molar-refractivity contribution is 9.10. The van der Waals surface area contributed by atoms with Crippen LogP contribution >= 0.6 is 27.7 Å². The van der Waals surface area contributed by atoms with Gasteiger partial charge in [-0.15, -0.1) is 11.8 Å². The van der Waals surface area contributed by atoms with Crippen LogP contribution in [0.25, 0.3) is 0 Å². The summed E-state index contributed by atoms with van der Waals surface area (Å²) in [5, 5.41) is 0.718. The molecule has 1 aliphatic rings. The van der Waals surface area contributed by atoms with Crippen molar-refractivity contribution < 1.29 is 4.74 Å². The van der Waals surface area contributed by atoms with E-state index in [0.717, 1.165) is 24.2 Å². The molecule has 0 amide bonds. The molecule has 0 spiro atoms. The molecule has 3 heteroatoms. The van der Waals surface area contributed by atoms with Crippen LogP contribution in [0.5, 0.6) is 0 Å². The average molecular weight is 273 g/mol. The van der Waals surface area contributed by atoms with Crippen molar-refractivity contribution in [2.24, 2.45) is 0 Å². The molecule has 0 radical (unpaired) electrons. The predicted molar refractivity (Wildman–Crippen MR) is 64.8 cm³/mol. The third-order valence-corrected chi connectivity index (χ3v) is 4.43. The lowest BCUT2D eigenvalue weighted by Crippen LogP contribution is -2.30. The molecule has 1 aromatic carbocycles. The number of halogens is 1. The highest BCUT2D eigenvalue weighted by Gasteiger charge is 2.18. The summed E-state index contributed by atoms with van der Waals surface area (Å²) >= 11 is 5.54. The Morgan fingerprint density at radius 3 is 2.86 bits per heavy atom. The summed E-state index contributed by atoms with van der Waals surface area (Å²) in [7, 11) is 0. The molecule has 0 aromatic heterocycles. The van der Waals surface area contributed by atoms with Gasteiger partial charge in [-0.2, -0.15) is 0 Å². The second-order valence-electron chi connectivity index (χ2n) is 3.55. The highest BCUT2D eigenvalue weighted by Crippen LogP contribution is 2.25. The first-order chi connectivity index (χ1) is 6.75. The van der Waals surface area contributed by atoms with Gasteiger partial charge >= 0.3 is 0 Å². The molecular formula is C11H13BrOS. The molecule has 1 aromatic rings. The molecule has 14 heavy (non-hydrogen) atoms. The highest BCUT2D eigenvalue weighted by atomic mass is 79.9. The quantitative estimate of drug-likeness (QED) is 0.834. The minimum atomic E-state index is 0.718. The minimum Gasteiger partial charge on any atom is -0.379 e. The van der Waals surface area contributed by atoms with E-state index in [2.05, 4.69) is 41.1 Å². The molecule has 0 N–H and O–H groups in total. The first kappa shape index (κ1) is 10.5. The van der Waals surface area contributed by atoms with Crippen molar-refractivity contribution in [2.45, 2.75) is 17.9 Å². The van der Waals surface area contributed by atoms with E-state index in [1.54, 1.807) is 0 Å². The zero-order valence-corrected chi connectivity index (χ0v) is 10.5. The van der Waals surface area contributed by atoms with Crippen LogP contribution in [0.4, 0.5) is 0 Å². The maximum absolute atomic E-state index is 5.14. The standard InChI is InChI=1S/C11H13BrOS/c1-8-2-3-9(4-11(8)12)7-14-10-5-13-6-10/h2-4,10H,5-7H2,1H3. The summed E-state index contributed by atoms with van der Waals surface area (Å²) in [5.74, 6) is 1.09. The maximum Gasteiger partial charge on any atom is 0.0608 e. The lowest BCUT2D eigenvalue weighted by atomic mass is 10.2. The van der Waals surface area contributed by atoms with E-state index in [-0.39, 0.29) is 0 Å². The zero-order valence-electron chi connectivity index (χ0n) is 8.13. The largest absolute Gasteiger partial charge is 0.379 e. The van der Waals surface area contributed by atoms with Gasteiger partial charge in [-0.25, -0.2) is 0 Å². The van der Waals surface area contributed by atoms with Crippen LogP contribution in [-0.4, -0.2) is 18.5 Å². The van der Waals surface area contributed by atoms with Crippen LogP contribution in [0, 0.1) is 6.92 Å². The Balaban J connectivity index is 1.91. The molecular weight excluding hydrogens is 260 g/mol. The smallest absolute Gasteiger partial charge is 0.0608 e. The third kappa shape index (κ3) is 2.53. The normalized spacial score (nSPS) is 16.7. The molecule has 1 nitrogen and oxygen atoms in total. The Kier molecular flexibility index (Phi) is 3.52. The van der Waals surface area contributed by atoms with E-state index in [9.17, 15) is 0 Å². The monoisotopic (exact) mass is 272 g/mol. The molecule has 0 bridgehead atoms. The molecule has 2 rings (SSSR count). The molecule has 1 aliphatic heterocycles.